The molecule has 2 unspecified atom stereocenters. The van der Waals surface area contributed by atoms with Gasteiger partial charge in [0, 0.05) is 18.3 Å². The van der Waals surface area contributed by atoms with Crippen molar-refractivity contribution in [1.29, 1.82) is 0 Å². The Balaban J connectivity index is 0.00000220. The molecule has 1 aliphatic rings. The maximum Gasteiger partial charge on any atom is 0.227 e. The van der Waals surface area contributed by atoms with Gasteiger partial charge in [0.05, 0.1) is 12.3 Å². The Morgan fingerprint density at radius 2 is 1.86 bits per heavy atom. The average Bonchev–Trinajstić information content (AvgIpc) is 2.41. The lowest BCUT2D eigenvalue weighted by atomic mass is 9.92. The number of amides is 2. The van der Waals surface area contributed by atoms with Crippen molar-refractivity contribution in [2.45, 2.75) is 32.2 Å². The van der Waals surface area contributed by atoms with Crippen molar-refractivity contribution in [3.63, 3.8) is 0 Å². The van der Waals surface area contributed by atoms with Gasteiger partial charge in [0.25, 0.3) is 0 Å². The molecule has 1 aliphatic heterocycles. The minimum absolute atomic E-state index is 0. The normalized spacial score (nSPS) is 21.5. The minimum Gasteiger partial charge on any atom is -0.399 e. The summed E-state index contributed by atoms with van der Waals surface area (Å²) in [6, 6.07) is 7.44. The molecule has 2 rings (SSSR count). The summed E-state index contributed by atoms with van der Waals surface area (Å²) >= 11 is 0. The van der Waals surface area contributed by atoms with Crippen LogP contribution in [-0.2, 0) is 16.0 Å². The SMILES string of the molecule is CC1CCC(C(N)=O)CN1C(=O)Cc1ccc(N)cc1.Cl. The minimum atomic E-state index is -0.317. The second-order valence-electron chi connectivity index (χ2n) is 5.49. The Morgan fingerprint density at radius 1 is 1.24 bits per heavy atom. The fourth-order valence-electron chi connectivity index (χ4n) is 2.60. The molecule has 0 bridgehead atoms. The summed E-state index contributed by atoms with van der Waals surface area (Å²) in [5, 5.41) is 0. The van der Waals surface area contributed by atoms with Crippen LogP contribution < -0.4 is 11.5 Å². The standard InChI is InChI=1S/C15H21N3O2.ClH/c1-10-2-5-12(15(17)20)9-18(10)14(19)8-11-3-6-13(16)7-4-11;/h3-4,6-7,10,12H,2,5,8-9,16H2,1H3,(H2,17,20);1H. The average molecular weight is 312 g/mol. The van der Waals surface area contributed by atoms with Gasteiger partial charge >= 0.3 is 0 Å². The first-order valence-electron chi connectivity index (χ1n) is 6.90. The molecule has 0 radical (unpaired) electrons. The van der Waals surface area contributed by atoms with Crippen molar-refractivity contribution in [3.05, 3.63) is 29.8 Å². The third-order valence-corrected chi connectivity index (χ3v) is 3.94. The van der Waals surface area contributed by atoms with E-state index in [0.717, 1.165) is 18.4 Å². The number of benzene rings is 1. The van der Waals surface area contributed by atoms with Gasteiger partial charge in [-0.1, -0.05) is 12.1 Å². The zero-order chi connectivity index (χ0) is 14.7. The largest absolute Gasteiger partial charge is 0.399 e. The lowest BCUT2D eigenvalue weighted by Gasteiger charge is -2.37. The van der Waals surface area contributed by atoms with Gasteiger partial charge in [-0.25, -0.2) is 0 Å². The van der Waals surface area contributed by atoms with Gasteiger partial charge in [0.1, 0.15) is 0 Å². The van der Waals surface area contributed by atoms with Crippen molar-refractivity contribution in [2.75, 3.05) is 12.3 Å². The number of rotatable bonds is 3. The lowest BCUT2D eigenvalue weighted by Crippen LogP contribution is -2.49. The van der Waals surface area contributed by atoms with Crippen LogP contribution in [0, 0.1) is 5.92 Å². The number of nitrogens with zero attached hydrogens (tertiary/aromatic N) is 1. The van der Waals surface area contributed by atoms with E-state index in [1.807, 2.05) is 19.1 Å². The van der Waals surface area contributed by atoms with E-state index in [1.54, 1.807) is 17.0 Å². The lowest BCUT2D eigenvalue weighted by molar-refractivity contribution is -0.136. The van der Waals surface area contributed by atoms with Gasteiger partial charge in [-0.15, -0.1) is 12.4 Å². The second kappa shape index (κ2) is 7.31. The molecule has 1 heterocycles. The van der Waals surface area contributed by atoms with Gasteiger partial charge in [0.15, 0.2) is 0 Å². The summed E-state index contributed by atoms with van der Waals surface area (Å²) in [4.78, 5) is 25.4. The van der Waals surface area contributed by atoms with Crippen LogP contribution in [0.4, 0.5) is 5.69 Å². The zero-order valence-electron chi connectivity index (χ0n) is 12.1. The highest BCUT2D eigenvalue weighted by molar-refractivity contribution is 5.85. The summed E-state index contributed by atoms with van der Waals surface area (Å²) in [5.74, 6) is -0.503. The first kappa shape index (κ1) is 17.3. The van der Waals surface area contributed by atoms with Crippen molar-refractivity contribution < 1.29 is 9.59 Å². The second-order valence-corrected chi connectivity index (χ2v) is 5.49. The van der Waals surface area contributed by atoms with E-state index >= 15 is 0 Å². The number of hydrogen-bond acceptors (Lipinski definition) is 3. The maximum atomic E-state index is 12.4. The first-order valence-corrected chi connectivity index (χ1v) is 6.90. The van der Waals surface area contributed by atoms with Crippen molar-refractivity contribution in [1.82, 2.24) is 4.90 Å². The topological polar surface area (TPSA) is 89.4 Å². The number of hydrogen-bond donors (Lipinski definition) is 2. The highest BCUT2D eigenvalue weighted by Gasteiger charge is 2.31. The molecule has 2 atom stereocenters. The molecule has 0 aromatic heterocycles. The fraction of sp³-hybridized carbons (Fsp3) is 0.467. The van der Waals surface area contributed by atoms with E-state index in [4.69, 9.17) is 11.5 Å². The van der Waals surface area contributed by atoms with E-state index in [9.17, 15) is 9.59 Å². The van der Waals surface area contributed by atoms with Crippen LogP contribution in [0.5, 0.6) is 0 Å². The number of carbonyl (C=O) groups excluding carboxylic acids is 2. The van der Waals surface area contributed by atoms with Crippen molar-refractivity contribution in [3.8, 4) is 0 Å². The summed E-state index contributed by atoms with van der Waals surface area (Å²) < 4.78 is 0. The molecule has 1 fully saturated rings. The Bertz CT molecular complexity index is 504. The number of piperidine rings is 1. The van der Waals surface area contributed by atoms with Gasteiger partial charge in [-0.2, -0.15) is 0 Å². The molecule has 116 valence electrons. The zero-order valence-corrected chi connectivity index (χ0v) is 12.9. The van der Waals surface area contributed by atoms with Crippen LogP contribution in [0.2, 0.25) is 0 Å². The molecule has 0 aliphatic carbocycles. The van der Waals surface area contributed by atoms with Gasteiger partial charge in [-0.05, 0) is 37.5 Å². The maximum absolute atomic E-state index is 12.4. The van der Waals surface area contributed by atoms with Crippen molar-refractivity contribution in [2.24, 2.45) is 11.7 Å². The third-order valence-electron chi connectivity index (χ3n) is 3.94. The number of carbonyl (C=O) groups is 2. The number of primary amides is 1. The van der Waals surface area contributed by atoms with Crippen LogP contribution in [0.15, 0.2) is 24.3 Å². The molecular formula is C15H22ClN3O2. The molecule has 1 saturated heterocycles. The number of halogens is 1. The van der Waals surface area contributed by atoms with Gasteiger partial charge in [-0.3, -0.25) is 9.59 Å². The quantitative estimate of drug-likeness (QED) is 0.826. The van der Waals surface area contributed by atoms with E-state index < -0.39 is 0 Å². The summed E-state index contributed by atoms with van der Waals surface area (Å²) in [5.41, 5.74) is 12.6. The van der Waals surface area contributed by atoms with Crippen LogP contribution >= 0.6 is 12.4 Å². The molecule has 0 saturated carbocycles. The molecule has 1 aromatic rings. The summed E-state index contributed by atoms with van der Waals surface area (Å²) in [6.07, 6.45) is 1.92. The van der Waals surface area contributed by atoms with E-state index in [2.05, 4.69) is 0 Å². The van der Waals surface area contributed by atoms with Crippen LogP contribution in [0.25, 0.3) is 0 Å². The summed E-state index contributed by atoms with van der Waals surface area (Å²) in [6.45, 7) is 2.45. The van der Waals surface area contributed by atoms with Gasteiger partial charge < -0.3 is 16.4 Å². The molecule has 1 aromatic carbocycles. The molecule has 4 N–H and O–H groups in total. The Hall–Kier alpha value is -1.75. The molecule has 0 spiro atoms. The Morgan fingerprint density at radius 3 is 2.43 bits per heavy atom. The van der Waals surface area contributed by atoms with Crippen LogP contribution in [0.3, 0.4) is 0 Å². The predicted octanol–water partition coefficient (Wildman–Crippen LogP) is 1.35. The molecule has 2 amide bonds. The highest BCUT2D eigenvalue weighted by atomic mass is 35.5. The monoisotopic (exact) mass is 311 g/mol. The van der Waals surface area contributed by atoms with Crippen molar-refractivity contribution >= 4 is 29.9 Å². The fourth-order valence-corrected chi connectivity index (χ4v) is 2.60. The smallest absolute Gasteiger partial charge is 0.227 e. The van der Waals surface area contributed by atoms with E-state index in [1.165, 1.54) is 0 Å². The number of nitrogen functional groups attached to an aromatic ring is 1. The number of likely N-dealkylation sites (tertiary alicyclic amines) is 1. The predicted molar refractivity (Wildman–Crippen MR) is 84.9 cm³/mol. The van der Waals surface area contributed by atoms with Crippen LogP contribution in [-0.4, -0.2) is 29.3 Å². The molecule has 21 heavy (non-hydrogen) atoms. The number of nitrogens with two attached hydrogens (primary N) is 2. The van der Waals surface area contributed by atoms with Gasteiger partial charge in [0.2, 0.25) is 11.8 Å². The van der Waals surface area contributed by atoms with E-state index in [-0.39, 0.29) is 36.2 Å². The molecule has 5 nitrogen and oxygen atoms in total. The molecular weight excluding hydrogens is 290 g/mol. The number of anilines is 1. The Kier molecular flexibility index (Phi) is 6.03. The van der Waals surface area contributed by atoms with E-state index in [0.29, 0.717) is 18.7 Å². The molecule has 6 heteroatoms. The summed E-state index contributed by atoms with van der Waals surface area (Å²) in [7, 11) is 0. The first-order chi connectivity index (χ1) is 9.47. The Labute approximate surface area is 131 Å². The third kappa shape index (κ3) is 4.36. The van der Waals surface area contributed by atoms with Crippen LogP contribution in [0.1, 0.15) is 25.3 Å². The highest BCUT2D eigenvalue weighted by Crippen LogP contribution is 2.22.